The van der Waals surface area contributed by atoms with Crippen LogP contribution >= 0.6 is 0 Å². The maximum Gasteiger partial charge on any atom is 0.147 e. The van der Waals surface area contributed by atoms with Crippen LogP contribution in [0, 0.1) is 0 Å². The molecule has 3 nitrogen and oxygen atoms in total. The normalized spacial score (nSPS) is 14.2. The van der Waals surface area contributed by atoms with E-state index in [4.69, 9.17) is 0 Å². The minimum atomic E-state index is -2.79. The molecule has 0 fully saturated rings. The smallest absolute Gasteiger partial charge is 0.147 e. The van der Waals surface area contributed by atoms with Crippen molar-refractivity contribution in [3.8, 4) is 0 Å². The quantitative estimate of drug-likeness (QED) is 0.493. The molecule has 0 saturated carbocycles. The molecule has 0 amide bonds. The molecule has 0 aliphatic heterocycles. The van der Waals surface area contributed by atoms with Gasteiger partial charge in [0, 0.05) is 12.3 Å². The van der Waals surface area contributed by atoms with Gasteiger partial charge in [-0.05, 0) is 19.9 Å². The maximum absolute atomic E-state index is 10.7. The second-order valence-corrected chi connectivity index (χ2v) is 5.22. The van der Waals surface area contributed by atoms with Gasteiger partial charge in [0.15, 0.2) is 0 Å². The highest BCUT2D eigenvalue weighted by molar-refractivity contribution is 7.90. The minimum Gasteiger partial charge on any atom is -0.311 e. The molecule has 0 saturated heterocycles. The molecule has 0 bridgehead atoms. The fraction of sp³-hybridized carbons (Fsp3) is 0.750. The van der Waals surface area contributed by atoms with E-state index >= 15 is 0 Å². The molecule has 0 aromatic heterocycles. The maximum atomic E-state index is 10.7. The van der Waals surface area contributed by atoms with Crippen molar-refractivity contribution < 1.29 is 8.42 Å². The lowest BCUT2D eigenvalue weighted by molar-refractivity contribution is 0.588. The molecule has 0 heterocycles. The highest BCUT2D eigenvalue weighted by Gasteiger charge is 2.01. The molecule has 0 radical (unpaired) electrons. The van der Waals surface area contributed by atoms with Crippen molar-refractivity contribution >= 4 is 9.84 Å². The van der Waals surface area contributed by atoms with Gasteiger partial charge in [-0.1, -0.05) is 6.08 Å². The molecule has 1 atom stereocenters. The van der Waals surface area contributed by atoms with Crippen molar-refractivity contribution in [2.75, 3.05) is 18.6 Å². The summed E-state index contributed by atoms with van der Waals surface area (Å²) in [7, 11) is -2.79. The molecule has 0 spiro atoms. The molecule has 0 rings (SSSR count). The summed E-state index contributed by atoms with van der Waals surface area (Å²) in [6.45, 7) is 6.31. The Labute approximate surface area is 74.8 Å². The summed E-state index contributed by atoms with van der Waals surface area (Å²) in [5, 5.41) is 3.12. The summed E-state index contributed by atoms with van der Waals surface area (Å²) >= 11 is 0. The predicted octanol–water partition coefficient (Wildman–Crippen LogP) is 0.585. The zero-order chi connectivity index (χ0) is 9.61. The summed E-state index contributed by atoms with van der Waals surface area (Å²) in [5.41, 5.74) is 0. The number of rotatable bonds is 6. The van der Waals surface area contributed by atoms with E-state index in [0.29, 0.717) is 6.42 Å². The van der Waals surface area contributed by atoms with Crippen LogP contribution in [0.15, 0.2) is 12.7 Å². The van der Waals surface area contributed by atoms with Gasteiger partial charge in [-0.15, -0.1) is 6.58 Å². The monoisotopic (exact) mass is 191 g/mol. The van der Waals surface area contributed by atoms with E-state index in [-0.39, 0.29) is 11.8 Å². The highest BCUT2D eigenvalue weighted by atomic mass is 32.2. The van der Waals surface area contributed by atoms with Crippen LogP contribution < -0.4 is 5.32 Å². The zero-order valence-corrected chi connectivity index (χ0v) is 8.52. The molecule has 0 aromatic carbocycles. The van der Waals surface area contributed by atoms with Crippen molar-refractivity contribution in [1.82, 2.24) is 5.32 Å². The van der Waals surface area contributed by atoms with Crippen LogP contribution in [-0.2, 0) is 9.84 Å². The first-order chi connectivity index (χ1) is 5.45. The van der Waals surface area contributed by atoms with Crippen LogP contribution in [0.1, 0.15) is 13.3 Å². The Hall–Kier alpha value is -0.350. The minimum absolute atomic E-state index is 0.254. The highest BCUT2D eigenvalue weighted by Crippen LogP contribution is 1.88. The molecular formula is C8H17NO2S. The van der Waals surface area contributed by atoms with Crippen LogP contribution in [0.5, 0.6) is 0 Å². The van der Waals surface area contributed by atoms with Crippen molar-refractivity contribution in [1.29, 1.82) is 0 Å². The lowest BCUT2D eigenvalue weighted by atomic mass is 10.3. The number of nitrogens with one attached hydrogen (secondary N) is 1. The average Bonchev–Trinajstić information content (AvgIpc) is 1.96. The van der Waals surface area contributed by atoms with E-state index in [9.17, 15) is 8.42 Å². The van der Waals surface area contributed by atoms with E-state index in [1.54, 1.807) is 6.08 Å². The second-order valence-electron chi connectivity index (χ2n) is 2.96. The van der Waals surface area contributed by atoms with Gasteiger partial charge >= 0.3 is 0 Å². The van der Waals surface area contributed by atoms with Gasteiger partial charge in [-0.25, -0.2) is 8.42 Å². The van der Waals surface area contributed by atoms with Crippen LogP contribution in [0.25, 0.3) is 0 Å². The van der Waals surface area contributed by atoms with Gasteiger partial charge < -0.3 is 5.32 Å². The lowest BCUT2D eigenvalue weighted by Gasteiger charge is -2.07. The Balaban J connectivity index is 3.40. The SMILES string of the molecule is C=CC(C)NCCCS(C)(=O)=O. The third kappa shape index (κ3) is 7.75. The molecule has 0 aliphatic carbocycles. The van der Waals surface area contributed by atoms with E-state index in [1.807, 2.05) is 6.92 Å². The number of hydrogen-bond acceptors (Lipinski definition) is 3. The average molecular weight is 191 g/mol. The molecule has 1 unspecified atom stereocenters. The van der Waals surface area contributed by atoms with Crippen molar-refractivity contribution in [3.63, 3.8) is 0 Å². The Morgan fingerprint density at radius 3 is 2.58 bits per heavy atom. The van der Waals surface area contributed by atoms with E-state index < -0.39 is 9.84 Å². The Morgan fingerprint density at radius 1 is 1.58 bits per heavy atom. The predicted molar refractivity (Wildman–Crippen MR) is 52.0 cm³/mol. The largest absolute Gasteiger partial charge is 0.311 e. The van der Waals surface area contributed by atoms with Gasteiger partial charge in [0.25, 0.3) is 0 Å². The Kier molecular flexibility index (Phi) is 5.17. The van der Waals surface area contributed by atoms with Gasteiger partial charge in [0.05, 0.1) is 5.75 Å². The standard InChI is InChI=1S/C8H17NO2S/c1-4-8(2)9-6-5-7-12(3,10)11/h4,8-9H,1,5-7H2,2-3H3. The first-order valence-electron chi connectivity index (χ1n) is 3.99. The molecule has 1 N–H and O–H groups in total. The third-order valence-corrected chi connectivity index (χ3v) is 2.54. The van der Waals surface area contributed by atoms with Gasteiger partial charge in [-0.2, -0.15) is 0 Å². The molecule has 72 valence electrons. The molecular weight excluding hydrogens is 174 g/mol. The molecule has 12 heavy (non-hydrogen) atoms. The fourth-order valence-corrected chi connectivity index (χ4v) is 1.42. The lowest BCUT2D eigenvalue weighted by Crippen LogP contribution is -2.26. The number of sulfone groups is 1. The first-order valence-corrected chi connectivity index (χ1v) is 6.05. The second kappa shape index (κ2) is 5.32. The van der Waals surface area contributed by atoms with Crippen molar-refractivity contribution in [2.24, 2.45) is 0 Å². The van der Waals surface area contributed by atoms with Crippen LogP contribution in [-0.4, -0.2) is 33.0 Å². The van der Waals surface area contributed by atoms with Gasteiger partial charge in [-0.3, -0.25) is 0 Å². The Bertz CT molecular complexity index is 221. The van der Waals surface area contributed by atoms with Gasteiger partial charge in [0.1, 0.15) is 9.84 Å². The first kappa shape index (κ1) is 11.6. The topological polar surface area (TPSA) is 46.2 Å². The van der Waals surface area contributed by atoms with Crippen LogP contribution in [0.2, 0.25) is 0 Å². The third-order valence-electron chi connectivity index (χ3n) is 1.51. The van der Waals surface area contributed by atoms with E-state index in [0.717, 1.165) is 6.54 Å². The summed E-state index contributed by atoms with van der Waals surface area (Å²) in [6.07, 6.45) is 3.71. The van der Waals surface area contributed by atoms with E-state index in [2.05, 4.69) is 11.9 Å². The molecule has 4 heteroatoms. The fourth-order valence-electron chi connectivity index (χ4n) is 0.747. The number of hydrogen-bond donors (Lipinski definition) is 1. The van der Waals surface area contributed by atoms with E-state index in [1.165, 1.54) is 6.26 Å². The summed E-state index contributed by atoms with van der Waals surface area (Å²) in [5.74, 6) is 0.254. The van der Waals surface area contributed by atoms with Crippen LogP contribution in [0.4, 0.5) is 0 Å². The molecule has 0 aliphatic rings. The Morgan fingerprint density at radius 2 is 2.17 bits per heavy atom. The summed E-state index contributed by atoms with van der Waals surface area (Å²) in [6, 6.07) is 0.254. The zero-order valence-electron chi connectivity index (χ0n) is 7.71. The van der Waals surface area contributed by atoms with Crippen LogP contribution in [0.3, 0.4) is 0 Å². The summed E-state index contributed by atoms with van der Waals surface area (Å²) in [4.78, 5) is 0. The summed E-state index contributed by atoms with van der Waals surface area (Å²) < 4.78 is 21.4. The molecule has 0 aromatic rings. The van der Waals surface area contributed by atoms with Gasteiger partial charge in [0.2, 0.25) is 0 Å². The van der Waals surface area contributed by atoms with Crippen molar-refractivity contribution in [3.05, 3.63) is 12.7 Å². The van der Waals surface area contributed by atoms with Crippen molar-refractivity contribution in [2.45, 2.75) is 19.4 Å².